The van der Waals surface area contributed by atoms with E-state index in [0.717, 1.165) is 35.4 Å². The van der Waals surface area contributed by atoms with Crippen LogP contribution in [0.3, 0.4) is 0 Å². The topological polar surface area (TPSA) is 76.7 Å². The van der Waals surface area contributed by atoms with E-state index in [1.807, 2.05) is 73.7 Å². The minimum Gasteiger partial charge on any atom is -0.495 e. The Labute approximate surface area is 217 Å². The van der Waals surface area contributed by atoms with Crippen LogP contribution in [0.25, 0.3) is 0 Å². The van der Waals surface area contributed by atoms with Gasteiger partial charge in [0.25, 0.3) is 5.91 Å². The zero-order chi connectivity index (χ0) is 25.8. The zero-order valence-electron chi connectivity index (χ0n) is 21.0. The molecule has 0 spiro atoms. The Morgan fingerprint density at radius 1 is 1.00 bits per heavy atom. The van der Waals surface area contributed by atoms with Gasteiger partial charge in [0.2, 0.25) is 0 Å². The number of methoxy groups -OCH3 is 1. The Hall–Kier alpha value is -4.32. The van der Waals surface area contributed by atoms with Gasteiger partial charge in [-0.05, 0) is 55.2 Å². The molecule has 37 heavy (non-hydrogen) atoms. The van der Waals surface area contributed by atoms with E-state index in [9.17, 15) is 9.59 Å². The van der Waals surface area contributed by atoms with Gasteiger partial charge in [-0.3, -0.25) is 9.59 Å². The van der Waals surface area contributed by atoms with Crippen molar-refractivity contribution in [2.75, 3.05) is 12.4 Å². The van der Waals surface area contributed by atoms with Gasteiger partial charge in [0.1, 0.15) is 18.1 Å². The maximum Gasteiger partial charge on any atom is 0.254 e. The van der Waals surface area contributed by atoms with Crippen LogP contribution in [0.5, 0.6) is 11.5 Å². The summed E-state index contributed by atoms with van der Waals surface area (Å²) in [5.74, 6) is 0.551. The first kappa shape index (κ1) is 24.4. The third-order valence-corrected chi connectivity index (χ3v) is 6.82. The molecular weight excluding hydrogens is 464 g/mol. The summed E-state index contributed by atoms with van der Waals surface area (Å²) in [6.45, 7) is 2.32. The first-order valence-corrected chi connectivity index (χ1v) is 12.5. The van der Waals surface area contributed by atoms with E-state index >= 15 is 0 Å². The second-order valence-electron chi connectivity index (χ2n) is 9.27. The van der Waals surface area contributed by atoms with Crippen molar-refractivity contribution in [2.45, 2.75) is 38.7 Å². The maximum absolute atomic E-state index is 13.8. The molecule has 6 nitrogen and oxygen atoms in total. The second-order valence-corrected chi connectivity index (χ2v) is 9.27. The quantitative estimate of drug-likeness (QED) is 0.429. The summed E-state index contributed by atoms with van der Waals surface area (Å²) in [5, 5.41) is 6.38. The van der Waals surface area contributed by atoms with E-state index in [2.05, 4.69) is 10.6 Å². The fourth-order valence-corrected chi connectivity index (χ4v) is 5.08. The smallest absolute Gasteiger partial charge is 0.254 e. The molecular formula is C31H30N2O4. The number of Topliss-reactive ketones (excluding diaryl/α,β-unsaturated/α-hetero) is 1. The number of hydrogen-bond donors (Lipinski definition) is 2. The molecule has 6 heteroatoms. The number of amides is 1. The van der Waals surface area contributed by atoms with Crippen molar-refractivity contribution >= 4 is 17.4 Å². The van der Waals surface area contributed by atoms with Gasteiger partial charge in [-0.15, -0.1) is 0 Å². The Bertz CT molecular complexity index is 1390. The summed E-state index contributed by atoms with van der Waals surface area (Å²) in [4.78, 5) is 27.0. The Balaban J connectivity index is 1.51. The molecule has 1 aliphatic heterocycles. The lowest BCUT2D eigenvalue weighted by atomic mass is 9.75. The first-order valence-electron chi connectivity index (χ1n) is 12.5. The molecule has 3 aromatic carbocycles. The minimum absolute atomic E-state index is 0.0736. The van der Waals surface area contributed by atoms with Gasteiger partial charge >= 0.3 is 0 Å². The van der Waals surface area contributed by atoms with Crippen molar-refractivity contribution in [3.8, 4) is 11.5 Å². The number of ketones is 1. The SMILES string of the molecule is COc1ccccc1NC(=O)C1=C(C)NC2=C(C(=O)CCC2)[C@@H]1c1cccc(OCc2ccccc2)c1. The monoisotopic (exact) mass is 494 g/mol. The summed E-state index contributed by atoms with van der Waals surface area (Å²) in [5.41, 5.74) is 5.31. The highest BCUT2D eigenvalue weighted by molar-refractivity contribution is 6.10. The maximum atomic E-state index is 13.8. The Kier molecular flexibility index (Phi) is 7.08. The van der Waals surface area contributed by atoms with Crippen LogP contribution in [0.1, 0.15) is 43.2 Å². The first-order chi connectivity index (χ1) is 18.0. The number of carbonyl (C=O) groups excluding carboxylic acids is 2. The number of anilines is 1. The van der Waals surface area contributed by atoms with Gasteiger partial charge in [-0.25, -0.2) is 0 Å². The van der Waals surface area contributed by atoms with Crippen LogP contribution in [0.2, 0.25) is 0 Å². The highest BCUT2D eigenvalue weighted by atomic mass is 16.5. The largest absolute Gasteiger partial charge is 0.495 e. The lowest BCUT2D eigenvalue weighted by Crippen LogP contribution is -2.35. The Morgan fingerprint density at radius 3 is 2.59 bits per heavy atom. The van der Waals surface area contributed by atoms with Crippen molar-refractivity contribution in [1.29, 1.82) is 0 Å². The number of ether oxygens (including phenoxy) is 2. The van der Waals surface area contributed by atoms with Gasteiger partial charge in [-0.1, -0.05) is 54.6 Å². The van der Waals surface area contributed by atoms with Crippen molar-refractivity contribution in [1.82, 2.24) is 5.32 Å². The molecule has 1 aliphatic carbocycles. The minimum atomic E-state index is -0.501. The number of dihydropyridines is 1. The van der Waals surface area contributed by atoms with Gasteiger partial charge in [0, 0.05) is 34.9 Å². The van der Waals surface area contributed by atoms with E-state index in [0.29, 0.717) is 41.4 Å². The van der Waals surface area contributed by atoms with Crippen molar-refractivity contribution in [3.05, 3.63) is 113 Å². The fourth-order valence-electron chi connectivity index (χ4n) is 5.08. The summed E-state index contributed by atoms with van der Waals surface area (Å²) in [6, 6.07) is 25.0. The van der Waals surface area contributed by atoms with E-state index in [4.69, 9.17) is 9.47 Å². The van der Waals surface area contributed by atoms with Crippen LogP contribution >= 0.6 is 0 Å². The molecule has 2 aliphatic rings. The standard InChI is InChI=1S/C31H30N2O4/c1-20-28(31(35)33-24-14-6-7-17-27(24)36-2)29(30-25(32-20)15-9-16-26(30)34)22-12-8-13-23(18-22)37-19-21-10-4-3-5-11-21/h3-8,10-14,17-18,29,32H,9,15-16,19H2,1-2H3,(H,33,35)/t29-/m1/s1. The zero-order valence-corrected chi connectivity index (χ0v) is 21.0. The van der Waals surface area contributed by atoms with E-state index in [1.165, 1.54) is 0 Å². The predicted octanol–water partition coefficient (Wildman–Crippen LogP) is 5.88. The van der Waals surface area contributed by atoms with Crippen molar-refractivity contribution in [3.63, 3.8) is 0 Å². The average Bonchev–Trinajstić information content (AvgIpc) is 2.92. The summed E-state index contributed by atoms with van der Waals surface area (Å²) in [6.07, 6.45) is 2.05. The van der Waals surface area contributed by atoms with Gasteiger partial charge in [0.05, 0.1) is 12.8 Å². The molecule has 5 rings (SSSR count). The summed E-state index contributed by atoms with van der Waals surface area (Å²) < 4.78 is 11.5. The Morgan fingerprint density at radius 2 is 1.78 bits per heavy atom. The average molecular weight is 495 g/mol. The number of para-hydroxylation sites is 2. The molecule has 3 aromatic rings. The third kappa shape index (κ3) is 5.14. The molecule has 0 aromatic heterocycles. The normalized spacial score (nSPS) is 17.1. The number of carbonyl (C=O) groups is 2. The van der Waals surface area contributed by atoms with Gasteiger partial charge < -0.3 is 20.1 Å². The fraction of sp³-hybridized carbons (Fsp3) is 0.226. The molecule has 0 bridgehead atoms. The number of nitrogens with one attached hydrogen (secondary N) is 2. The number of allylic oxidation sites excluding steroid dienone is 3. The predicted molar refractivity (Wildman–Crippen MR) is 143 cm³/mol. The molecule has 1 amide bonds. The number of benzene rings is 3. The molecule has 1 heterocycles. The molecule has 2 N–H and O–H groups in total. The van der Waals surface area contributed by atoms with Crippen molar-refractivity contribution in [2.24, 2.45) is 0 Å². The summed E-state index contributed by atoms with van der Waals surface area (Å²) >= 11 is 0. The van der Waals surface area contributed by atoms with Crippen LogP contribution in [0.15, 0.2) is 101 Å². The molecule has 0 unspecified atom stereocenters. The molecule has 0 radical (unpaired) electrons. The van der Waals surface area contributed by atoms with E-state index in [1.54, 1.807) is 19.2 Å². The lowest BCUT2D eigenvalue weighted by molar-refractivity contribution is -0.116. The molecule has 0 saturated heterocycles. The van der Waals surface area contributed by atoms with Crippen molar-refractivity contribution < 1.29 is 19.1 Å². The van der Waals surface area contributed by atoms with Crippen LogP contribution in [0.4, 0.5) is 5.69 Å². The van der Waals surface area contributed by atoms with Crippen LogP contribution in [-0.2, 0) is 16.2 Å². The lowest BCUT2D eigenvalue weighted by Gasteiger charge is -2.34. The van der Waals surface area contributed by atoms with Crippen LogP contribution in [-0.4, -0.2) is 18.8 Å². The highest BCUT2D eigenvalue weighted by Gasteiger charge is 2.38. The summed E-state index contributed by atoms with van der Waals surface area (Å²) in [7, 11) is 1.57. The second kappa shape index (κ2) is 10.7. The molecule has 1 atom stereocenters. The third-order valence-electron chi connectivity index (χ3n) is 6.82. The van der Waals surface area contributed by atoms with Gasteiger partial charge in [0.15, 0.2) is 5.78 Å². The highest BCUT2D eigenvalue weighted by Crippen LogP contribution is 2.43. The van der Waals surface area contributed by atoms with Crippen LogP contribution < -0.4 is 20.1 Å². The molecule has 188 valence electrons. The van der Waals surface area contributed by atoms with E-state index in [-0.39, 0.29) is 11.7 Å². The molecule has 0 saturated carbocycles. The number of rotatable bonds is 7. The number of hydrogen-bond acceptors (Lipinski definition) is 5. The van der Waals surface area contributed by atoms with Gasteiger partial charge in [-0.2, -0.15) is 0 Å². The van der Waals surface area contributed by atoms with E-state index < -0.39 is 5.92 Å². The van der Waals surface area contributed by atoms with Crippen LogP contribution in [0, 0.1) is 0 Å². The molecule has 0 fully saturated rings.